The highest BCUT2D eigenvalue weighted by molar-refractivity contribution is 5.84. The predicted octanol–water partition coefficient (Wildman–Crippen LogP) is 2.16. The van der Waals surface area contributed by atoms with E-state index in [1.807, 2.05) is 18.2 Å². The molecule has 0 bridgehead atoms. The summed E-state index contributed by atoms with van der Waals surface area (Å²) in [6.07, 6.45) is 2.12. The fourth-order valence-corrected chi connectivity index (χ4v) is 2.08. The van der Waals surface area contributed by atoms with Gasteiger partial charge in [-0.2, -0.15) is 0 Å². The first kappa shape index (κ1) is 13.4. The first-order valence-electron chi connectivity index (χ1n) is 6.29. The Bertz CT molecular complexity index is 581. The Morgan fingerprint density at radius 3 is 2.68 bits per heavy atom. The zero-order valence-corrected chi connectivity index (χ0v) is 11.0. The molecule has 0 aromatic heterocycles. The molecule has 2 aromatic carbocycles. The highest BCUT2D eigenvalue weighted by Crippen LogP contribution is 2.22. The van der Waals surface area contributed by atoms with E-state index in [1.54, 1.807) is 7.11 Å². The third kappa shape index (κ3) is 3.45. The van der Waals surface area contributed by atoms with Gasteiger partial charge in [0, 0.05) is 6.42 Å². The molecule has 2 aromatic rings. The number of amides is 1. The lowest BCUT2D eigenvalue weighted by atomic mass is 10.0. The van der Waals surface area contributed by atoms with Gasteiger partial charge in [-0.15, -0.1) is 0 Å². The summed E-state index contributed by atoms with van der Waals surface area (Å²) in [6.45, 7) is 0. The molecule has 0 saturated heterocycles. The Hall–Kier alpha value is -2.07. The summed E-state index contributed by atoms with van der Waals surface area (Å²) in [4.78, 5) is 11.0. The van der Waals surface area contributed by atoms with Crippen LogP contribution in [0.5, 0.6) is 5.75 Å². The summed E-state index contributed by atoms with van der Waals surface area (Å²) in [5, 5.41) is 2.34. The second kappa shape index (κ2) is 6.20. The van der Waals surface area contributed by atoms with Gasteiger partial charge < -0.3 is 4.74 Å². The van der Waals surface area contributed by atoms with Crippen LogP contribution in [0, 0.1) is 0 Å². The number of aryl methyl sites for hydroxylation is 1. The van der Waals surface area contributed by atoms with Gasteiger partial charge in [0.25, 0.3) is 0 Å². The fourth-order valence-electron chi connectivity index (χ4n) is 2.08. The Kier molecular flexibility index (Phi) is 4.36. The van der Waals surface area contributed by atoms with Gasteiger partial charge in [0.1, 0.15) is 5.75 Å². The van der Waals surface area contributed by atoms with Crippen molar-refractivity contribution < 1.29 is 9.53 Å². The number of hydrogen-bond acceptors (Lipinski definition) is 3. The molecule has 0 radical (unpaired) electrons. The van der Waals surface area contributed by atoms with Crippen molar-refractivity contribution in [3.63, 3.8) is 0 Å². The number of hydrogen-bond donors (Lipinski definition) is 2. The highest BCUT2D eigenvalue weighted by atomic mass is 16.5. The van der Waals surface area contributed by atoms with Gasteiger partial charge in [0.05, 0.1) is 7.11 Å². The van der Waals surface area contributed by atoms with Crippen molar-refractivity contribution in [2.75, 3.05) is 7.11 Å². The summed E-state index contributed by atoms with van der Waals surface area (Å²) >= 11 is 0. The molecule has 4 nitrogen and oxygen atoms in total. The normalized spacial score (nSPS) is 10.4. The maximum Gasteiger partial charge on any atom is 0.233 e. The second-order valence-corrected chi connectivity index (χ2v) is 4.47. The zero-order valence-electron chi connectivity index (χ0n) is 11.0. The topological polar surface area (TPSA) is 64.3 Å². The molecule has 0 spiro atoms. The summed E-state index contributed by atoms with van der Waals surface area (Å²) in [5.41, 5.74) is 3.37. The average Bonchev–Trinajstić information content (AvgIpc) is 2.46. The van der Waals surface area contributed by atoms with E-state index in [4.69, 9.17) is 10.6 Å². The Labute approximate surface area is 112 Å². The molecule has 2 rings (SSSR count). The Balaban J connectivity index is 2.07. The number of benzene rings is 2. The van der Waals surface area contributed by atoms with Gasteiger partial charge in [0.15, 0.2) is 0 Å². The van der Waals surface area contributed by atoms with Crippen LogP contribution in [0.3, 0.4) is 0 Å². The van der Waals surface area contributed by atoms with Crippen LogP contribution in [0.15, 0.2) is 36.4 Å². The molecule has 1 amide bonds. The molecule has 0 heterocycles. The first-order valence-corrected chi connectivity index (χ1v) is 6.29. The van der Waals surface area contributed by atoms with Gasteiger partial charge in [-0.1, -0.05) is 24.3 Å². The molecule has 0 atom stereocenters. The van der Waals surface area contributed by atoms with Crippen LogP contribution in [0.4, 0.5) is 0 Å². The van der Waals surface area contributed by atoms with Crippen molar-refractivity contribution in [2.24, 2.45) is 5.84 Å². The largest absolute Gasteiger partial charge is 0.497 e. The summed E-state index contributed by atoms with van der Waals surface area (Å²) in [6, 6.07) is 12.3. The average molecular weight is 258 g/mol. The summed E-state index contributed by atoms with van der Waals surface area (Å²) < 4.78 is 5.20. The molecule has 0 aliphatic rings. The van der Waals surface area contributed by atoms with Crippen LogP contribution < -0.4 is 16.0 Å². The van der Waals surface area contributed by atoms with Gasteiger partial charge >= 0.3 is 0 Å². The molecule has 0 saturated carbocycles. The monoisotopic (exact) mass is 258 g/mol. The number of carbonyl (C=O) groups is 1. The minimum Gasteiger partial charge on any atom is -0.497 e. The SMILES string of the molecule is COc1ccc2cc(CCCC(=O)NN)ccc2c1. The number of rotatable bonds is 5. The molecule has 3 N–H and O–H groups in total. The van der Waals surface area contributed by atoms with Crippen LogP contribution in [-0.2, 0) is 11.2 Å². The number of methoxy groups -OCH3 is 1. The first-order chi connectivity index (χ1) is 9.22. The zero-order chi connectivity index (χ0) is 13.7. The van der Waals surface area contributed by atoms with Crippen molar-refractivity contribution in [2.45, 2.75) is 19.3 Å². The third-order valence-electron chi connectivity index (χ3n) is 3.14. The molecule has 4 heteroatoms. The lowest BCUT2D eigenvalue weighted by molar-refractivity contribution is -0.121. The van der Waals surface area contributed by atoms with Gasteiger partial charge in [-0.05, 0) is 41.3 Å². The van der Waals surface area contributed by atoms with Crippen molar-refractivity contribution in [1.82, 2.24) is 5.43 Å². The lowest BCUT2D eigenvalue weighted by Crippen LogP contribution is -2.29. The molecule has 0 fully saturated rings. The molecule has 19 heavy (non-hydrogen) atoms. The van der Waals surface area contributed by atoms with Crippen molar-refractivity contribution in [1.29, 1.82) is 0 Å². The van der Waals surface area contributed by atoms with Gasteiger partial charge in [0.2, 0.25) is 5.91 Å². The van der Waals surface area contributed by atoms with Crippen molar-refractivity contribution in [3.05, 3.63) is 42.0 Å². The number of carbonyl (C=O) groups excluding carboxylic acids is 1. The molecule has 100 valence electrons. The van der Waals surface area contributed by atoms with E-state index in [-0.39, 0.29) is 5.91 Å². The maximum atomic E-state index is 11.0. The standard InChI is InChI=1S/C15H18N2O2/c1-19-14-8-7-12-9-11(5-6-13(12)10-14)3-2-4-15(18)17-16/h5-10H,2-4,16H2,1H3,(H,17,18). The van der Waals surface area contributed by atoms with Crippen molar-refractivity contribution in [3.8, 4) is 5.75 Å². The highest BCUT2D eigenvalue weighted by Gasteiger charge is 2.01. The Morgan fingerprint density at radius 2 is 1.95 bits per heavy atom. The van der Waals surface area contributed by atoms with Gasteiger partial charge in [-0.25, -0.2) is 5.84 Å². The van der Waals surface area contributed by atoms with E-state index >= 15 is 0 Å². The molecular weight excluding hydrogens is 240 g/mol. The molecule has 0 aliphatic carbocycles. The third-order valence-corrected chi connectivity index (χ3v) is 3.14. The molecule has 0 unspecified atom stereocenters. The van der Waals surface area contributed by atoms with Crippen LogP contribution in [0.1, 0.15) is 18.4 Å². The molecular formula is C15H18N2O2. The van der Waals surface area contributed by atoms with Crippen LogP contribution in [0.2, 0.25) is 0 Å². The fraction of sp³-hybridized carbons (Fsp3) is 0.267. The maximum absolute atomic E-state index is 11.0. The van der Waals surface area contributed by atoms with E-state index < -0.39 is 0 Å². The van der Waals surface area contributed by atoms with E-state index in [1.165, 1.54) is 10.9 Å². The number of nitrogens with one attached hydrogen (secondary N) is 1. The predicted molar refractivity (Wildman–Crippen MR) is 75.8 cm³/mol. The van der Waals surface area contributed by atoms with E-state index in [2.05, 4.69) is 23.6 Å². The van der Waals surface area contributed by atoms with Crippen LogP contribution in [0.25, 0.3) is 10.8 Å². The number of nitrogens with two attached hydrogens (primary N) is 1. The minimum atomic E-state index is -0.120. The van der Waals surface area contributed by atoms with Crippen LogP contribution >= 0.6 is 0 Å². The van der Waals surface area contributed by atoms with E-state index in [0.717, 1.165) is 24.0 Å². The molecule has 0 aliphatic heterocycles. The van der Waals surface area contributed by atoms with Crippen molar-refractivity contribution >= 4 is 16.7 Å². The number of fused-ring (bicyclic) bond motifs is 1. The lowest BCUT2D eigenvalue weighted by Gasteiger charge is -2.05. The smallest absolute Gasteiger partial charge is 0.233 e. The summed E-state index contributed by atoms with van der Waals surface area (Å²) in [5.74, 6) is 5.78. The van der Waals surface area contributed by atoms with E-state index in [9.17, 15) is 4.79 Å². The number of ether oxygens (including phenoxy) is 1. The van der Waals surface area contributed by atoms with Gasteiger partial charge in [-0.3, -0.25) is 10.2 Å². The minimum absolute atomic E-state index is 0.120. The Morgan fingerprint density at radius 1 is 1.21 bits per heavy atom. The second-order valence-electron chi connectivity index (χ2n) is 4.47. The van der Waals surface area contributed by atoms with E-state index in [0.29, 0.717) is 6.42 Å². The summed E-state index contributed by atoms with van der Waals surface area (Å²) in [7, 11) is 1.66. The number of hydrazine groups is 1. The quantitative estimate of drug-likeness (QED) is 0.491. The van der Waals surface area contributed by atoms with Crippen LogP contribution in [-0.4, -0.2) is 13.0 Å².